The van der Waals surface area contributed by atoms with Crippen LogP contribution in [0.1, 0.15) is 18.9 Å². The Morgan fingerprint density at radius 3 is 2.65 bits per heavy atom. The summed E-state index contributed by atoms with van der Waals surface area (Å²) in [5.74, 6) is 0.551. The number of hydrogen-bond acceptors (Lipinski definition) is 2. The van der Waals surface area contributed by atoms with Crippen LogP contribution in [0.25, 0.3) is 0 Å². The van der Waals surface area contributed by atoms with Crippen molar-refractivity contribution in [3.8, 4) is 0 Å². The number of hydrogen-bond donors (Lipinski definition) is 1. The number of nitrogens with zero attached hydrogens (tertiary/aromatic N) is 1. The van der Waals surface area contributed by atoms with Gasteiger partial charge < -0.3 is 10.6 Å². The molecule has 2 N–H and O–H groups in total. The van der Waals surface area contributed by atoms with Crippen molar-refractivity contribution in [1.82, 2.24) is 4.90 Å². The number of likely N-dealkylation sites (tertiary alicyclic amines) is 1. The topological polar surface area (TPSA) is 46.3 Å². The predicted octanol–water partition coefficient (Wildman–Crippen LogP) is 3.15. The van der Waals surface area contributed by atoms with Crippen LogP contribution in [0.3, 0.4) is 0 Å². The average molecular weight is 338 g/mol. The highest BCUT2D eigenvalue weighted by Gasteiger charge is 2.31. The van der Waals surface area contributed by atoms with Gasteiger partial charge in [-0.05, 0) is 43.5 Å². The van der Waals surface area contributed by atoms with E-state index in [9.17, 15) is 4.79 Å². The molecule has 0 radical (unpaired) electrons. The third kappa shape index (κ3) is 4.01. The highest BCUT2D eigenvalue weighted by Crippen LogP contribution is 2.25. The third-order valence-electron chi connectivity index (χ3n) is 3.65. The Labute approximate surface area is 135 Å². The maximum atomic E-state index is 12.3. The fourth-order valence-electron chi connectivity index (χ4n) is 2.59. The van der Waals surface area contributed by atoms with Crippen LogP contribution in [0.5, 0.6) is 0 Å². The minimum absolute atomic E-state index is 0. The molecule has 1 aromatic rings. The summed E-state index contributed by atoms with van der Waals surface area (Å²) in [7, 11) is 0. The normalized spacial score (nSPS) is 21.7. The van der Waals surface area contributed by atoms with Gasteiger partial charge >= 0.3 is 0 Å². The number of carbonyl (C=O) groups excluding carboxylic acids is 1. The van der Waals surface area contributed by atoms with E-state index in [4.69, 9.17) is 28.9 Å². The quantitative estimate of drug-likeness (QED) is 0.921. The number of rotatable bonds is 3. The first-order valence-corrected chi connectivity index (χ1v) is 7.20. The van der Waals surface area contributed by atoms with Crippen molar-refractivity contribution in [2.75, 3.05) is 13.1 Å². The number of carbonyl (C=O) groups is 1. The van der Waals surface area contributed by atoms with E-state index >= 15 is 0 Å². The minimum atomic E-state index is 0. The summed E-state index contributed by atoms with van der Waals surface area (Å²) in [5, 5.41) is 0.997. The first kappa shape index (κ1) is 17.6. The molecule has 1 aromatic carbocycles. The number of nitrogens with two attached hydrogens (primary N) is 1. The average Bonchev–Trinajstić information content (AvgIpc) is 2.75. The molecule has 1 saturated heterocycles. The van der Waals surface area contributed by atoms with E-state index in [0.29, 0.717) is 28.9 Å². The first-order chi connectivity index (χ1) is 9.01. The Hall–Kier alpha value is -0.480. The lowest BCUT2D eigenvalue weighted by atomic mass is 10.1. The smallest absolute Gasteiger partial charge is 0.227 e. The van der Waals surface area contributed by atoms with Crippen LogP contribution in [0.15, 0.2) is 18.2 Å². The van der Waals surface area contributed by atoms with Crippen LogP contribution >= 0.6 is 35.6 Å². The lowest BCUT2D eigenvalue weighted by Gasteiger charge is -2.21. The molecule has 2 rings (SSSR count). The van der Waals surface area contributed by atoms with E-state index in [1.165, 1.54) is 0 Å². The standard InChI is InChI=1S/C14H18Cl2N2O.ClH/c1-9-4-11(7-17)8-18(9)14(19)6-10-2-3-12(15)13(16)5-10;/h2-3,5,9,11H,4,6-8,17H2,1H3;1H. The van der Waals surface area contributed by atoms with Gasteiger partial charge in [-0.2, -0.15) is 0 Å². The van der Waals surface area contributed by atoms with Crippen LogP contribution in [0.4, 0.5) is 0 Å². The van der Waals surface area contributed by atoms with E-state index in [0.717, 1.165) is 18.5 Å². The van der Waals surface area contributed by atoms with Gasteiger partial charge in [0, 0.05) is 12.6 Å². The maximum Gasteiger partial charge on any atom is 0.227 e. The van der Waals surface area contributed by atoms with Crippen LogP contribution in [0.2, 0.25) is 10.0 Å². The second-order valence-electron chi connectivity index (χ2n) is 5.16. The lowest BCUT2D eigenvalue weighted by molar-refractivity contribution is -0.131. The molecule has 1 amide bonds. The Morgan fingerprint density at radius 1 is 1.40 bits per heavy atom. The molecule has 0 saturated carbocycles. The van der Waals surface area contributed by atoms with E-state index < -0.39 is 0 Å². The molecule has 6 heteroatoms. The van der Waals surface area contributed by atoms with Crippen molar-refractivity contribution in [3.63, 3.8) is 0 Å². The molecule has 2 unspecified atom stereocenters. The van der Waals surface area contributed by atoms with Gasteiger partial charge in [-0.3, -0.25) is 4.79 Å². The zero-order valence-corrected chi connectivity index (χ0v) is 13.6. The lowest BCUT2D eigenvalue weighted by Crippen LogP contribution is -2.35. The minimum Gasteiger partial charge on any atom is -0.339 e. The van der Waals surface area contributed by atoms with E-state index in [1.807, 2.05) is 11.0 Å². The largest absolute Gasteiger partial charge is 0.339 e. The molecule has 112 valence electrons. The van der Waals surface area contributed by atoms with Gasteiger partial charge in [0.2, 0.25) is 5.91 Å². The molecule has 1 fully saturated rings. The highest BCUT2D eigenvalue weighted by molar-refractivity contribution is 6.42. The summed E-state index contributed by atoms with van der Waals surface area (Å²) < 4.78 is 0. The number of amides is 1. The summed E-state index contributed by atoms with van der Waals surface area (Å²) >= 11 is 11.8. The number of halogens is 3. The monoisotopic (exact) mass is 336 g/mol. The Bertz CT molecular complexity index is 481. The second kappa shape index (κ2) is 7.51. The molecule has 1 aliphatic rings. The molecule has 2 atom stereocenters. The molecule has 1 aliphatic heterocycles. The van der Waals surface area contributed by atoms with Gasteiger partial charge in [0.05, 0.1) is 16.5 Å². The summed E-state index contributed by atoms with van der Waals surface area (Å²) in [5.41, 5.74) is 6.57. The molecule has 3 nitrogen and oxygen atoms in total. The van der Waals surface area contributed by atoms with Gasteiger partial charge in [-0.15, -0.1) is 12.4 Å². The van der Waals surface area contributed by atoms with E-state index in [1.54, 1.807) is 12.1 Å². The Balaban J connectivity index is 0.00000200. The first-order valence-electron chi connectivity index (χ1n) is 6.44. The van der Waals surface area contributed by atoms with Crippen molar-refractivity contribution >= 4 is 41.5 Å². The molecule has 0 aliphatic carbocycles. The second-order valence-corrected chi connectivity index (χ2v) is 5.97. The third-order valence-corrected chi connectivity index (χ3v) is 4.39. The van der Waals surface area contributed by atoms with Crippen LogP contribution in [-0.4, -0.2) is 29.9 Å². The summed E-state index contributed by atoms with van der Waals surface area (Å²) in [6.07, 6.45) is 1.35. The van der Waals surface area contributed by atoms with Crippen molar-refractivity contribution in [1.29, 1.82) is 0 Å². The summed E-state index contributed by atoms with van der Waals surface area (Å²) in [4.78, 5) is 14.2. The van der Waals surface area contributed by atoms with E-state index in [-0.39, 0.29) is 24.4 Å². The molecular formula is C14H19Cl3N2O. The molecule has 20 heavy (non-hydrogen) atoms. The van der Waals surface area contributed by atoms with Crippen LogP contribution < -0.4 is 5.73 Å². The molecular weight excluding hydrogens is 319 g/mol. The van der Waals surface area contributed by atoms with Crippen LogP contribution in [0, 0.1) is 5.92 Å². The van der Waals surface area contributed by atoms with Crippen molar-refractivity contribution in [3.05, 3.63) is 33.8 Å². The van der Waals surface area contributed by atoms with Crippen molar-refractivity contribution in [2.24, 2.45) is 11.7 Å². The fourth-order valence-corrected chi connectivity index (χ4v) is 2.91. The predicted molar refractivity (Wildman–Crippen MR) is 85.8 cm³/mol. The van der Waals surface area contributed by atoms with Gasteiger partial charge in [-0.25, -0.2) is 0 Å². The van der Waals surface area contributed by atoms with Crippen molar-refractivity contribution < 1.29 is 4.79 Å². The molecule has 1 heterocycles. The number of benzene rings is 1. The fraction of sp³-hybridized carbons (Fsp3) is 0.500. The van der Waals surface area contributed by atoms with Crippen LogP contribution in [-0.2, 0) is 11.2 Å². The molecule has 0 bridgehead atoms. The Kier molecular flexibility index (Phi) is 6.59. The molecule has 0 spiro atoms. The maximum absolute atomic E-state index is 12.3. The summed E-state index contributed by atoms with van der Waals surface area (Å²) in [6.45, 7) is 3.47. The molecule has 0 aromatic heterocycles. The zero-order valence-electron chi connectivity index (χ0n) is 11.3. The van der Waals surface area contributed by atoms with Gasteiger partial charge in [0.1, 0.15) is 0 Å². The van der Waals surface area contributed by atoms with Gasteiger partial charge in [-0.1, -0.05) is 29.3 Å². The SMILES string of the molecule is CC1CC(CN)CN1C(=O)Cc1ccc(Cl)c(Cl)c1.Cl. The summed E-state index contributed by atoms with van der Waals surface area (Å²) in [6, 6.07) is 5.59. The zero-order chi connectivity index (χ0) is 14.0. The highest BCUT2D eigenvalue weighted by atomic mass is 35.5. The van der Waals surface area contributed by atoms with Gasteiger partial charge in [0.25, 0.3) is 0 Å². The van der Waals surface area contributed by atoms with Gasteiger partial charge in [0.15, 0.2) is 0 Å². The van der Waals surface area contributed by atoms with E-state index in [2.05, 4.69) is 6.92 Å². The Morgan fingerprint density at radius 2 is 2.10 bits per heavy atom. The van der Waals surface area contributed by atoms with Crippen molar-refractivity contribution in [2.45, 2.75) is 25.8 Å².